The summed E-state index contributed by atoms with van der Waals surface area (Å²) in [5.41, 5.74) is 0.665. The van der Waals surface area contributed by atoms with Gasteiger partial charge in [0.25, 0.3) is 5.91 Å². The zero-order chi connectivity index (χ0) is 17.4. The highest BCUT2D eigenvalue weighted by Crippen LogP contribution is 2.29. The Morgan fingerprint density at radius 2 is 2.12 bits per heavy atom. The molecule has 0 saturated carbocycles. The normalized spacial score (nSPS) is 17.6. The van der Waals surface area contributed by atoms with Gasteiger partial charge in [-0.15, -0.1) is 0 Å². The summed E-state index contributed by atoms with van der Waals surface area (Å²) in [7, 11) is 1.95. The van der Waals surface area contributed by atoms with Gasteiger partial charge < -0.3 is 19.7 Å². The molecule has 1 heterocycles. The van der Waals surface area contributed by atoms with Crippen LogP contribution in [0.5, 0.6) is 11.5 Å². The molecule has 0 bridgehead atoms. The second-order valence-electron chi connectivity index (χ2n) is 6.18. The largest absolute Gasteiger partial charge is 0.490 e. The minimum atomic E-state index is 0.0658. The Kier molecular flexibility index (Phi) is 7.37. The van der Waals surface area contributed by atoms with E-state index >= 15 is 0 Å². The average molecular weight is 334 g/mol. The van der Waals surface area contributed by atoms with Crippen LogP contribution in [0, 0.1) is 0 Å². The maximum atomic E-state index is 12.8. The molecule has 0 radical (unpaired) electrons. The van der Waals surface area contributed by atoms with Crippen molar-refractivity contribution < 1.29 is 14.3 Å². The molecule has 1 aliphatic rings. The minimum Gasteiger partial charge on any atom is -0.490 e. The predicted octanol–water partition coefficient (Wildman–Crippen LogP) is 3.09. The van der Waals surface area contributed by atoms with Crippen LogP contribution in [0.3, 0.4) is 0 Å². The third-order valence-corrected chi connectivity index (χ3v) is 4.36. The van der Waals surface area contributed by atoms with Crippen molar-refractivity contribution in [3.05, 3.63) is 23.8 Å². The Bertz CT molecular complexity index is 533. The number of hydrogen-bond donors (Lipinski definition) is 1. The number of carbonyl (C=O) groups is 1. The molecule has 1 fully saturated rings. The van der Waals surface area contributed by atoms with Gasteiger partial charge in [-0.3, -0.25) is 4.79 Å². The van der Waals surface area contributed by atoms with Gasteiger partial charge in [0.1, 0.15) is 0 Å². The van der Waals surface area contributed by atoms with Gasteiger partial charge in [0, 0.05) is 24.7 Å². The number of likely N-dealkylation sites (tertiary alicyclic amines) is 1. The fourth-order valence-electron chi connectivity index (χ4n) is 2.93. The van der Waals surface area contributed by atoms with Crippen molar-refractivity contribution in [3.8, 4) is 11.5 Å². The van der Waals surface area contributed by atoms with Crippen molar-refractivity contribution in [3.63, 3.8) is 0 Å². The predicted molar refractivity (Wildman–Crippen MR) is 96.0 cm³/mol. The molecular formula is C19H30N2O3. The van der Waals surface area contributed by atoms with Crippen LogP contribution in [0.15, 0.2) is 18.2 Å². The standard InChI is InChI=1S/C19H30N2O3/c1-4-6-12-24-17-10-9-15(13-18(17)23-5-2)19(22)21-11-7-8-16(14-21)20-3/h9-10,13,16,20H,4-8,11-12,14H2,1-3H3. The van der Waals surface area contributed by atoms with Gasteiger partial charge in [-0.05, 0) is 51.4 Å². The highest BCUT2D eigenvalue weighted by molar-refractivity contribution is 5.95. The molecule has 2 rings (SSSR count). The molecule has 1 saturated heterocycles. The van der Waals surface area contributed by atoms with Crippen molar-refractivity contribution >= 4 is 5.91 Å². The molecule has 0 aliphatic carbocycles. The van der Waals surface area contributed by atoms with Crippen molar-refractivity contribution in [2.45, 2.75) is 45.6 Å². The summed E-state index contributed by atoms with van der Waals surface area (Å²) in [6.07, 6.45) is 4.25. The fourth-order valence-corrected chi connectivity index (χ4v) is 2.93. The molecule has 1 aromatic carbocycles. The van der Waals surface area contributed by atoms with E-state index in [0.29, 0.717) is 36.3 Å². The van der Waals surface area contributed by atoms with Gasteiger partial charge in [0.15, 0.2) is 11.5 Å². The van der Waals surface area contributed by atoms with Crippen LogP contribution < -0.4 is 14.8 Å². The number of unbranched alkanes of at least 4 members (excludes halogenated alkanes) is 1. The van der Waals surface area contributed by atoms with Crippen LogP contribution in [-0.4, -0.2) is 50.2 Å². The smallest absolute Gasteiger partial charge is 0.254 e. The SMILES string of the molecule is CCCCOc1ccc(C(=O)N2CCCC(NC)C2)cc1OCC. The molecule has 1 aromatic rings. The molecule has 5 nitrogen and oxygen atoms in total. The first-order chi connectivity index (χ1) is 11.7. The van der Waals surface area contributed by atoms with Gasteiger partial charge in [0.05, 0.1) is 13.2 Å². The lowest BCUT2D eigenvalue weighted by molar-refractivity contribution is 0.0697. The lowest BCUT2D eigenvalue weighted by atomic mass is 10.0. The van der Waals surface area contributed by atoms with Crippen LogP contribution in [0.2, 0.25) is 0 Å². The summed E-state index contributed by atoms with van der Waals surface area (Å²) in [4.78, 5) is 14.7. The Labute approximate surface area is 145 Å². The Hall–Kier alpha value is -1.75. The Balaban J connectivity index is 2.11. The zero-order valence-corrected chi connectivity index (χ0v) is 15.1. The number of carbonyl (C=O) groups excluding carboxylic acids is 1. The van der Waals surface area contributed by atoms with E-state index in [9.17, 15) is 4.79 Å². The molecule has 1 aliphatic heterocycles. The van der Waals surface area contributed by atoms with Crippen LogP contribution >= 0.6 is 0 Å². The number of nitrogens with zero attached hydrogens (tertiary/aromatic N) is 1. The van der Waals surface area contributed by atoms with E-state index in [4.69, 9.17) is 9.47 Å². The highest BCUT2D eigenvalue weighted by Gasteiger charge is 2.24. The number of piperidine rings is 1. The lowest BCUT2D eigenvalue weighted by Crippen LogP contribution is -2.46. The average Bonchev–Trinajstić information content (AvgIpc) is 2.62. The quantitative estimate of drug-likeness (QED) is 0.742. The van der Waals surface area contributed by atoms with E-state index in [1.165, 1.54) is 0 Å². The molecule has 1 unspecified atom stereocenters. The van der Waals surface area contributed by atoms with Crippen molar-refractivity contribution in [1.82, 2.24) is 10.2 Å². The molecule has 1 N–H and O–H groups in total. The second kappa shape index (κ2) is 9.52. The van der Waals surface area contributed by atoms with E-state index in [1.807, 2.05) is 37.1 Å². The number of benzene rings is 1. The second-order valence-corrected chi connectivity index (χ2v) is 6.18. The molecule has 0 aromatic heterocycles. The number of ether oxygens (including phenoxy) is 2. The van der Waals surface area contributed by atoms with Gasteiger partial charge in [-0.1, -0.05) is 13.3 Å². The number of nitrogens with one attached hydrogen (secondary N) is 1. The van der Waals surface area contributed by atoms with Crippen molar-refractivity contribution in [1.29, 1.82) is 0 Å². The van der Waals surface area contributed by atoms with Crippen molar-refractivity contribution in [2.24, 2.45) is 0 Å². The number of rotatable bonds is 8. The minimum absolute atomic E-state index is 0.0658. The first kappa shape index (κ1) is 18.6. The summed E-state index contributed by atoms with van der Waals surface area (Å²) in [5, 5.41) is 3.27. The maximum absolute atomic E-state index is 12.8. The molecule has 24 heavy (non-hydrogen) atoms. The maximum Gasteiger partial charge on any atom is 0.254 e. The number of likely N-dealkylation sites (N-methyl/N-ethyl adjacent to an activating group) is 1. The summed E-state index contributed by atoms with van der Waals surface area (Å²) in [6, 6.07) is 5.89. The van der Waals surface area contributed by atoms with E-state index in [0.717, 1.165) is 38.8 Å². The van der Waals surface area contributed by atoms with Crippen LogP contribution in [0.1, 0.15) is 49.9 Å². The van der Waals surface area contributed by atoms with Gasteiger partial charge in [0.2, 0.25) is 0 Å². The van der Waals surface area contributed by atoms with E-state index in [-0.39, 0.29) is 5.91 Å². The Morgan fingerprint density at radius 3 is 2.83 bits per heavy atom. The lowest BCUT2D eigenvalue weighted by Gasteiger charge is -2.32. The van der Waals surface area contributed by atoms with Gasteiger partial charge >= 0.3 is 0 Å². The third-order valence-electron chi connectivity index (χ3n) is 4.36. The molecular weight excluding hydrogens is 304 g/mol. The summed E-state index contributed by atoms with van der Waals surface area (Å²) < 4.78 is 11.5. The highest BCUT2D eigenvalue weighted by atomic mass is 16.5. The van der Waals surface area contributed by atoms with E-state index in [1.54, 1.807) is 0 Å². The van der Waals surface area contributed by atoms with Crippen molar-refractivity contribution in [2.75, 3.05) is 33.4 Å². The van der Waals surface area contributed by atoms with Crippen LogP contribution in [-0.2, 0) is 0 Å². The van der Waals surface area contributed by atoms with Gasteiger partial charge in [-0.2, -0.15) is 0 Å². The fraction of sp³-hybridized carbons (Fsp3) is 0.632. The zero-order valence-electron chi connectivity index (χ0n) is 15.1. The molecule has 1 amide bonds. The van der Waals surface area contributed by atoms with E-state index in [2.05, 4.69) is 12.2 Å². The molecule has 0 spiro atoms. The summed E-state index contributed by atoms with van der Waals surface area (Å²) in [5.74, 6) is 1.44. The number of hydrogen-bond acceptors (Lipinski definition) is 4. The first-order valence-electron chi connectivity index (χ1n) is 9.05. The van der Waals surface area contributed by atoms with Crippen LogP contribution in [0.4, 0.5) is 0 Å². The molecule has 5 heteroatoms. The Morgan fingerprint density at radius 1 is 1.29 bits per heavy atom. The monoisotopic (exact) mass is 334 g/mol. The van der Waals surface area contributed by atoms with E-state index < -0.39 is 0 Å². The molecule has 134 valence electrons. The number of amides is 1. The summed E-state index contributed by atoms with van der Waals surface area (Å²) >= 11 is 0. The first-order valence-corrected chi connectivity index (χ1v) is 9.05. The molecule has 1 atom stereocenters. The topological polar surface area (TPSA) is 50.8 Å². The van der Waals surface area contributed by atoms with Gasteiger partial charge in [-0.25, -0.2) is 0 Å². The third kappa shape index (κ3) is 4.87. The summed E-state index contributed by atoms with van der Waals surface area (Å²) in [6.45, 7) is 6.86. The van der Waals surface area contributed by atoms with Crippen LogP contribution in [0.25, 0.3) is 0 Å².